The van der Waals surface area contributed by atoms with Gasteiger partial charge >= 0.3 is 0 Å². The van der Waals surface area contributed by atoms with Gasteiger partial charge in [0.1, 0.15) is 16.8 Å². The molecule has 3 heteroatoms. The standard InChI is InChI=1S/C53H54O3/c1-18-22(5)33-31(14)44-48-47-40(33)36(25(18)8)38-27(10)20(3)24(7)35-32(15)42-30(13)34-23(6)19(2)26(9)37-39-28(11)21(4)29(12)43(51(44,17)54)46(39)52(48,55)49(41(34)37)50(42,16)53(47,56)45(35)38/h54-56H,1-17H3/t50-,51?,52+,53-/m1/s1. The Morgan fingerprint density at radius 3 is 1.45 bits per heavy atom. The number of hydrogen-bond donors (Lipinski definition) is 3. The lowest BCUT2D eigenvalue weighted by Gasteiger charge is -2.66. The van der Waals surface area contributed by atoms with Crippen molar-refractivity contribution in [2.24, 2.45) is 5.41 Å². The highest BCUT2D eigenvalue weighted by atomic mass is 16.3. The molecular formula is C53H54O3. The summed E-state index contributed by atoms with van der Waals surface area (Å²) in [5.74, 6) is 0. The van der Waals surface area contributed by atoms with Crippen LogP contribution in [0.5, 0.6) is 0 Å². The summed E-state index contributed by atoms with van der Waals surface area (Å²) in [5.41, 5.74) is 24.5. The molecule has 0 saturated carbocycles. The molecule has 6 aliphatic carbocycles. The minimum atomic E-state index is -1.63. The summed E-state index contributed by atoms with van der Waals surface area (Å²) < 4.78 is 0. The second-order valence-corrected chi connectivity index (χ2v) is 19.4. The van der Waals surface area contributed by atoms with Crippen LogP contribution in [0.15, 0.2) is 5.57 Å². The van der Waals surface area contributed by atoms with Gasteiger partial charge in [-0.05, 0) is 272 Å². The van der Waals surface area contributed by atoms with Crippen LogP contribution >= 0.6 is 0 Å². The molecule has 6 aliphatic rings. The molecule has 3 N–H and O–H groups in total. The second kappa shape index (κ2) is 9.36. The van der Waals surface area contributed by atoms with Gasteiger partial charge in [0.05, 0.1) is 5.41 Å². The monoisotopic (exact) mass is 738 g/mol. The van der Waals surface area contributed by atoms with Crippen LogP contribution in [0.25, 0.3) is 49.7 Å². The Hall–Kier alpha value is -4.28. The number of allylic oxidation sites excluding steroid dienone is 1. The SMILES string of the molecule is CC1=C2C(C)=c3c(C)c(C)c(C)c4c3=C3[C@]5(O)c6c-4c(C)c(C)c(C)c6C(C)(O)c4c5c5c6c(c(C)c(C)c(C)c6c4C)-c4c(C)c(C)c(C)c1c4[C@]5(O)[C@]23C. The highest BCUT2D eigenvalue weighted by Gasteiger charge is 2.73. The lowest BCUT2D eigenvalue weighted by molar-refractivity contribution is -0.0311. The number of benzene rings is 5. The molecule has 0 fully saturated rings. The largest absolute Gasteiger partial charge is 0.381 e. The van der Waals surface area contributed by atoms with E-state index in [0.29, 0.717) is 5.56 Å². The van der Waals surface area contributed by atoms with E-state index in [1.54, 1.807) is 0 Å². The number of hydrogen-bond acceptors (Lipinski definition) is 3. The molecule has 1 unspecified atom stereocenters. The van der Waals surface area contributed by atoms with Crippen LogP contribution < -0.4 is 10.4 Å². The van der Waals surface area contributed by atoms with Gasteiger partial charge in [-0.1, -0.05) is 0 Å². The van der Waals surface area contributed by atoms with Crippen molar-refractivity contribution in [1.29, 1.82) is 0 Å². The molecule has 3 nitrogen and oxygen atoms in total. The van der Waals surface area contributed by atoms with E-state index in [2.05, 4.69) is 111 Å². The van der Waals surface area contributed by atoms with Gasteiger partial charge in [0, 0.05) is 22.3 Å². The predicted octanol–water partition coefficient (Wildman–Crippen LogP) is 9.69. The Labute approximate surface area is 331 Å². The Morgan fingerprint density at radius 2 is 0.821 bits per heavy atom. The predicted molar refractivity (Wildman–Crippen MR) is 230 cm³/mol. The minimum Gasteiger partial charge on any atom is -0.381 e. The van der Waals surface area contributed by atoms with Crippen LogP contribution in [0, 0.1) is 95.4 Å². The molecule has 0 aliphatic heterocycles. The fourth-order valence-electron chi connectivity index (χ4n) is 14.7. The van der Waals surface area contributed by atoms with Crippen LogP contribution in [0.4, 0.5) is 0 Å². The Balaban J connectivity index is 1.64. The van der Waals surface area contributed by atoms with Crippen LogP contribution in [-0.2, 0) is 16.8 Å². The summed E-state index contributed by atoms with van der Waals surface area (Å²) in [6, 6.07) is 0. The third-order valence-corrected chi connectivity index (χ3v) is 17.8. The Bertz CT molecular complexity index is 3180. The van der Waals surface area contributed by atoms with Gasteiger partial charge in [-0.2, -0.15) is 0 Å². The highest BCUT2D eigenvalue weighted by Crippen LogP contribution is 2.77. The molecule has 0 heterocycles. The first-order valence-electron chi connectivity index (χ1n) is 20.7. The summed E-state index contributed by atoms with van der Waals surface area (Å²) in [6.45, 7) is 37.7. The maximum Gasteiger partial charge on any atom is 0.140 e. The van der Waals surface area contributed by atoms with Gasteiger partial charge in [-0.3, -0.25) is 0 Å². The molecule has 0 amide bonds. The average molecular weight is 739 g/mol. The van der Waals surface area contributed by atoms with Crippen molar-refractivity contribution < 1.29 is 15.3 Å². The number of aryl methyl sites for hydroxylation is 2. The molecular weight excluding hydrogens is 685 g/mol. The van der Waals surface area contributed by atoms with Gasteiger partial charge in [0.15, 0.2) is 0 Å². The number of fused-ring (bicyclic) bond motifs is 2. The van der Waals surface area contributed by atoms with Crippen molar-refractivity contribution in [3.05, 3.63) is 127 Å². The first-order valence-corrected chi connectivity index (χ1v) is 20.7. The fourth-order valence-corrected chi connectivity index (χ4v) is 14.7. The molecule has 0 radical (unpaired) electrons. The third-order valence-electron chi connectivity index (χ3n) is 17.8. The van der Waals surface area contributed by atoms with Crippen molar-refractivity contribution in [2.75, 3.05) is 0 Å². The van der Waals surface area contributed by atoms with Crippen molar-refractivity contribution in [3.8, 4) is 22.3 Å². The Kier molecular flexibility index (Phi) is 5.84. The lowest BCUT2D eigenvalue weighted by atomic mass is 9.39. The summed E-state index contributed by atoms with van der Waals surface area (Å²) in [5, 5.41) is 48.0. The third kappa shape index (κ3) is 2.87. The smallest absolute Gasteiger partial charge is 0.140 e. The summed E-state index contributed by atoms with van der Waals surface area (Å²) in [4.78, 5) is 0. The van der Waals surface area contributed by atoms with Gasteiger partial charge in [-0.15, -0.1) is 0 Å². The van der Waals surface area contributed by atoms with Crippen molar-refractivity contribution in [1.82, 2.24) is 0 Å². The maximum absolute atomic E-state index is 15.0. The van der Waals surface area contributed by atoms with E-state index in [1.807, 2.05) is 6.92 Å². The van der Waals surface area contributed by atoms with E-state index in [0.717, 1.165) is 99.5 Å². The number of aliphatic hydroxyl groups is 3. The molecule has 0 spiro atoms. The highest BCUT2D eigenvalue weighted by molar-refractivity contribution is 6.15. The van der Waals surface area contributed by atoms with Crippen LogP contribution in [0.3, 0.4) is 0 Å². The zero-order valence-electron chi connectivity index (χ0n) is 36.3. The normalized spacial score (nSPS) is 26.4. The van der Waals surface area contributed by atoms with E-state index < -0.39 is 22.2 Å². The van der Waals surface area contributed by atoms with E-state index in [9.17, 15) is 10.2 Å². The van der Waals surface area contributed by atoms with Gasteiger partial charge in [-0.25, -0.2) is 0 Å². The van der Waals surface area contributed by atoms with Crippen LogP contribution in [0.2, 0.25) is 0 Å². The molecule has 0 bridgehead atoms. The molecule has 11 rings (SSSR count). The number of rotatable bonds is 0. The second-order valence-electron chi connectivity index (χ2n) is 19.4. The fraction of sp³-hybridized carbons (Fsp3) is 0.396. The zero-order valence-corrected chi connectivity index (χ0v) is 36.3. The molecule has 4 atom stereocenters. The quantitative estimate of drug-likeness (QED) is 0.148. The lowest BCUT2D eigenvalue weighted by Crippen LogP contribution is -2.66. The van der Waals surface area contributed by atoms with Crippen molar-refractivity contribution >= 4 is 27.5 Å². The maximum atomic E-state index is 15.0. The zero-order chi connectivity index (χ0) is 40.5. The molecule has 0 aromatic heterocycles. The van der Waals surface area contributed by atoms with Crippen LogP contribution in [-0.4, -0.2) is 15.3 Å². The summed E-state index contributed by atoms with van der Waals surface area (Å²) >= 11 is 0. The molecule has 0 saturated heterocycles. The Morgan fingerprint density at radius 1 is 0.339 bits per heavy atom. The van der Waals surface area contributed by atoms with Crippen LogP contribution in [0.1, 0.15) is 139 Å². The van der Waals surface area contributed by atoms with Gasteiger partial charge < -0.3 is 15.3 Å². The molecule has 5 aromatic rings. The topological polar surface area (TPSA) is 60.7 Å². The first-order chi connectivity index (χ1) is 26.0. The van der Waals surface area contributed by atoms with E-state index in [-0.39, 0.29) is 0 Å². The van der Waals surface area contributed by atoms with E-state index >= 15 is 5.11 Å². The molecule has 56 heavy (non-hydrogen) atoms. The minimum absolute atomic E-state index is 0.709. The van der Waals surface area contributed by atoms with Crippen molar-refractivity contribution in [2.45, 2.75) is 135 Å². The molecule has 284 valence electrons. The summed E-state index contributed by atoms with van der Waals surface area (Å²) in [7, 11) is 0. The summed E-state index contributed by atoms with van der Waals surface area (Å²) in [6.07, 6.45) is 0. The molecule has 5 aromatic carbocycles. The first kappa shape index (κ1) is 34.9. The van der Waals surface area contributed by atoms with Gasteiger partial charge in [0.2, 0.25) is 0 Å². The van der Waals surface area contributed by atoms with E-state index in [1.165, 1.54) is 72.0 Å². The van der Waals surface area contributed by atoms with E-state index in [4.69, 9.17) is 0 Å². The average Bonchev–Trinajstić information content (AvgIpc) is 3.12. The van der Waals surface area contributed by atoms with Crippen molar-refractivity contribution in [3.63, 3.8) is 0 Å². The van der Waals surface area contributed by atoms with Gasteiger partial charge in [0.25, 0.3) is 0 Å².